The van der Waals surface area contributed by atoms with Crippen LogP contribution in [0.25, 0.3) is 0 Å². The molecule has 0 aliphatic carbocycles. The van der Waals surface area contributed by atoms with Gasteiger partial charge in [0.2, 0.25) is 0 Å². The van der Waals surface area contributed by atoms with Crippen LogP contribution in [0.2, 0.25) is 0 Å². The Morgan fingerprint density at radius 2 is 1.55 bits per heavy atom. The standard InChI is InChI=1S/C17H20N2O/c1-19(2)13-16(14-9-5-3-6-10-14)18-17(20)15-11-7-4-8-12-15/h3-12,16H,13H2,1-2H3,(H,18,20)/p+1/t16-/m0/s1. The number of amides is 1. The maximum atomic E-state index is 12.3. The number of benzene rings is 2. The van der Waals surface area contributed by atoms with Gasteiger partial charge in [0.1, 0.15) is 12.6 Å². The van der Waals surface area contributed by atoms with Crippen molar-refractivity contribution in [3.8, 4) is 0 Å². The Kier molecular flexibility index (Phi) is 4.91. The third kappa shape index (κ3) is 3.93. The van der Waals surface area contributed by atoms with Crippen molar-refractivity contribution in [2.45, 2.75) is 6.04 Å². The lowest BCUT2D eigenvalue weighted by atomic mass is 10.1. The van der Waals surface area contributed by atoms with Gasteiger partial charge in [-0.15, -0.1) is 0 Å². The Labute approximate surface area is 120 Å². The predicted molar refractivity (Wildman–Crippen MR) is 80.8 cm³/mol. The van der Waals surface area contributed by atoms with E-state index < -0.39 is 0 Å². The Balaban J connectivity index is 2.14. The lowest BCUT2D eigenvalue weighted by Gasteiger charge is -2.20. The van der Waals surface area contributed by atoms with E-state index in [-0.39, 0.29) is 11.9 Å². The highest BCUT2D eigenvalue weighted by atomic mass is 16.1. The van der Waals surface area contributed by atoms with E-state index >= 15 is 0 Å². The normalized spacial score (nSPS) is 12.2. The van der Waals surface area contributed by atoms with E-state index in [1.165, 1.54) is 4.90 Å². The monoisotopic (exact) mass is 269 g/mol. The zero-order valence-electron chi connectivity index (χ0n) is 12.0. The molecule has 20 heavy (non-hydrogen) atoms. The number of hydrogen-bond acceptors (Lipinski definition) is 1. The smallest absolute Gasteiger partial charge is 0.251 e. The van der Waals surface area contributed by atoms with Crippen LogP contribution in [0.15, 0.2) is 60.7 Å². The summed E-state index contributed by atoms with van der Waals surface area (Å²) in [6.07, 6.45) is 0. The molecule has 0 saturated carbocycles. The first-order chi connectivity index (χ1) is 9.66. The van der Waals surface area contributed by atoms with Gasteiger partial charge in [-0.2, -0.15) is 0 Å². The second-order valence-electron chi connectivity index (χ2n) is 5.21. The van der Waals surface area contributed by atoms with Crippen LogP contribution in [0.3, 0.4) is 0 Å². The van der Waals surface area contributed by atoms with Crippen molar-refractivity contribution in [1.29, 1.82) is 0 Å². The van der Waals surface area contributed by atoms with Gasteiger partial charge < -0.3 is 10.2 Å². The Bertz CT molecular complexity index is 537. The number of hydrogen-bond donors (Lipinski definition) is 2. The quantitative estimate of drug-likeness (QED) is 0.843. The van der Waals surface area contributed by atoms with Crippen molar-refractivity contribution in [3.05, 3.63) is 71.8 Å². The van der Waals surface area contributed by atoms with Crippen LogP contribution in [0, 0.1) is 0 Å². The highest BCUT2D eigenvalue weighted by Crippen LogP contribution is 2.12. The van der Waals surface area contributed by atoms with Crippen LogP contribution in [0.4, 0.5) is 0 Å². The lowest BCUT2D eigenvalue weighted by Crippen LogP contribution is -3.06. The molecular formula is C17H21N2O+. The molecule has 0 unspecified atom stereocenters. The first-order valence-corrected chi connectivity index (χ1v) is 6.86. The van der Waals surface area contributed by atoms with E-state index in [4.69, 9.17) is 0 Å². The molecule has 1 atom stereocenters. The van der Waals surface area contributed by atoms with Crippen LogP contribution < -0.4 is 10.2 Å². The number of carbonyl (C=O) groups excluding carboxylic acids is 1. The summed E-state index contributed by atoms with van der Waals surface area (Å²) in [6, 6.07) is 19.5. The maximum Gasteiger partial charge on any atom is 0.251 e. The molecule has 0 fully saturated rings. The summed E-state index contributed by atoms with van der Waals surface area (Å²) in [5.74, 6) is -0.0271. The maximum absolute atomic E-state index is 12.3. The number of rotatable bonds is 5. The minimum absolute atomic E-state index is 0.0221. The lowest BCUT2D eigenvalue weighted by molar-refractivity contribution is -0.860. The van der Waals surface area contributed by atoms with E-state index in [0.717, 1.165) is 12.1 Å². The molecule has 104 valence electrons. The van der Waals surface area contributed by atoms with Crippen LogP contribution in [-0.4, -0.2) is 26.5 Å². The minimum Gasteiger partial charge on any atom is -0.340 e. The van der Waals surface area contributed by atoms with Gasteiger partial charge in [0, 0.05) is 5.56 Å². The number of carbonyl (C=O) groups is 1. The van der Waals surface area contributed by atoms with Gasteiger partial charge in [0.25, 0.3) is 5.91 Å². The molecule has 2 N–H and O–H groups in total. The summed E-state index contributed by atoms with van der Waals surface area (Å²) in [5.41, 5.74) is 1.83. The molecule has 0 aromatic heterocycles. The summed E-state index contributed by atoms with van der Waals surface area (Å²) < 4.78 is 0. The van der Waals surface area contributed by atoms with Crippen molar-refractivity contribution in [2.24, 2.45) is 0 Å². The molecule has 0 radical (unpaired) electrons. The van der Waals surface area contributed by atoms with E-state index in [2.05, 4.69) is 31.5 Å². The molecule has 3 nitrogen and oxygen atoms in total. The zero-order chi connectivity index (χ0) is 14.4. The average molecular weight is 269 g/mol. The average Bonchev–Trinajstić information content (AvgIpc) is 2.48. The van der Waals surface area contributed by atoms with Gasteiger partial charge in [-0.3, -0.25) is 4.79 Å². The van der Waals surface area contributed by atoms with Crippen molar-refractivity contribution < 1.29 is 9.69 Å². The second-order valence-corrected chi connectivity index (χ2v) is 5.21. The number of quaternary nitrogens is 1. The molecule has 1 amide bonds. The summed E-state index contributed by atoms with van der Waals surface area (Å²) >= 11 is 0. The SMILES string of the molecule is C[NH+](C)C[C@H](NC(=O)c1ccccc1)c1ccccc1. The van der Waals surface area contributed by atoms with Gasteiger partial charge in [-0.05, 0) is 17.7 Å². The predicted octanol–water partition coefficient (Wildman–Crippen LogP) is 1.30. The summed E-state index contributed by atoms with van der Waals surface area (Å²) in [6.45, 7) is 0.850. The topological polar surface area (TPSA) is 33.5 Å². The van der Waals surface area contributed by atoms with Crippen LogP contribution >= 0.6 is 0 Å². The highest BCUT2D eigenvalue weighted by molar-refractivity contribution is 5.94. The fraction of sp³-hybridized carbons (Fsp3) is 0.235. The molecule has 0 bridgehead atoms. The first kappa shape index (κ1) is 14.3. The van der Waals surface area contributed by atoms with Crippen molar-refractivity contribution in [3.63, 3.8) is 0 Å². The van der Waals surface area contributed by atoms with Gasteiger partial charge in [-0.25, -0.2) is 0 Å². The molecule has 2 rings (SSSR count). The molecule has 2 aromatic rings. The third-order valence-electron chi connectivity index (χ3n) is 3.16. The van der Waals surface area contributed by atoms with Gasteiger partial charge in [-0.1, -0.05) is 48.5 Å². The van der Waals surface area contributed by atoms with Gasteiger partial charge in [0.15, 0.2) is 0 Å². The Morgan fingerprint density at radius 3 is 2.10 bits per heavy atom. The van der Waals surface area contributed by atoms with Gasteiger partial charge >= 0.3 is 0 Å². The van der Waals surface area contributed by atoms with Crippen molar-refractivity contribution in [1.82, 2.24) is 5.32 Å². The third-order valence-corrected chi connectivity index (χ3v) is 3.16. The van der Waals surface area contributed by atoms with E-state index in [1.54, 1.807) is 0 Å². The van der Waals surface area contributed by atoms with E-state index in [0.29, 0.717) is 5.56 Å². The minimum atomic E-state index is -0.0271. The molecule has 0 spiro atoms. The summed E-state index contributed by atoms with van der Waals surface area (Å²) in [4.78, 5) is 13.6. The van der Waals surface area contributed by atoms with E-state index in [9.17, 15) is 4.79 Å². The fourth-order valence-electron chi connectivity index (χ4n) is 2.18. The number of nitrogens with one attached hydrogen (secondary N) is 2. The van der Waals surface area contributed by atoms with Crippen LogP contribution in [-0.2, 0) is 0 Å². The summed E-state index contributed by atoms with van der Waals surface area (Å²) in [7, 11) is 4.18. The second kappa shape index (κ2) is 6.87. The molecule has 3 heteroatoms. The molecule has 0 aliphatic heterocycles. The Hall–Kier alpha value is -2.13. The number of likely N-dealkylation sites (N-methyl/N-ethyl adjacent to an activating group) is 1. The fourth-order valence-corrected chi connectivity index (χ4v) is 2.18. The van der Waals surface area contributed by atoms with Crippen LogP contribution in [0.5, 0.6) is 0 Å². The van der Waals surface area contributed by atoms with Crippen molar-refractivity contribution in [2.75, 3.05) is 20.6 Å². The first-order valence-electron chi connectivity index (χ1n) is 6.86. The molecule has 0 aliphatic rings. The molecule has 0 saturated heterocycles. The summed E-state index contributed by atoms with van der Waals surface area (Å²) in [5, 5.41) is 3.12. The van der Waals surface area contributed by atoms with Gasteiger partial charge in [0.05, 0.1) is 14.1 Å². The molecule has 2 aromatic carbocycles. The molecular weight excluding hydrogens is 248 g/mol. The Morgan fingerprint density at radius 1 is 1.00 bits per heavy atom. The zero-order valence-corrected chi connectivity index (χ0v) is 12.0. The van der Waals surface area contributed by atoms with Crippen LogP contribution in [0.1, 0.15) is 22.0 Å². The van der Waals surface area contributed by atoms with Crippen molar-refractivity contribution >= 4 is 5.91 Å². The molecule has 0 heterocycles. The van der Waals surface area contributed by atoms with E-state index in [1.807, 2.05) is 48.5 Å². The largest absolute Gasteiger partial charge is 0.340 e. The highest BCUT2D eigenvalue weighted by Gasteiger charge is 2.18.